The number of hydrogen-bond acceptors (Lipinski definition) is 3. The van der Waals surface area contributed by atoms with Gasteiger partial charge in [0.15, 0.2) is 0 Å². The molecule has 1 rings (SSSR count). The summed E-state index contributed by atoms with van der Waals surface area (Å²) in [6.07, 6.45) is 4.61. The fourth-order valence-electron chi connectivity index (χ4n) is 1.99. The van der Waals surface area contributed by atoms with E-state index in [4.69, 9.17) is 9.84 Å². The van der Waals surface area contributed by atoms with E-state index in [-0.39, 0.29) is 18.1 Å². The van der Waals surface area contributed by atoms with Gasteiger partial charge in [0, 0.05) is 19.1 Å². The Morgan fingerprint density at radius 1 is 1.39 bits per heavy atom. The van der Waals surface area contributed by atoms with Crippen LogP contribution in [0.15, 0.2) is 0 Å². The molecule has 0 aromatic heterocycles. The zero-order chi connectivity index (χ0) is 13.5. The van der Waals surface area contributed by atoms with Gasteiger partial charge in [-0.2, -0.15) is 0 Å². The number of hydrogen-bond donors (Lipinski definition) is 2. The smallest absolute Gasteiger partial charge is 0.308 e. The molecule has 1 aliphatic heterocycles. The van der Waals surface area contributed by atoms with Crippen LogP contribution in [0, 0.1) is 5.92 Å². The largest absolute Gasteiger partial charge is 0.481 e. The van der Waals surface area contributed by atoms with Crippen molar-refractivity contribution in [3.63, 3.8) is 0 Å². The van der Waals surface area contributed by atoms with Gasteiger partial charge in [-0.15, -0.1) is 0 Å². The molecule has 1 fully saturated rings. The summed E-state index contributed by atoms with van der Waals surface area (Å²) in [5.74, 6) is -1.55. The molecule has 0 saturated carbocycles. The molecule has 3 atom stereocenters. The molecule has 1 amide bonds. The van der Waals surface area contributed by atoms with Gasteiger partial charge in [-0.3, -0.25) is 9.59 Å². The number of carbonyl (C=O) groups excluding carboxylic acids is 1. The summed E-state index contributed by atoms with van der Waals surface area (Å²) in [6, 6.07) is -0.345. The zero-order valence-corrected chi connectivity index (χ0v) is 11.1. The number of rotatable bonds is 6. The molecular formula is C13H23NO4. The molecule has 0 spiro atoms. The van der Waals surface area contributed by atoms with Gasteiger partial charge in [-0.25, -0.2) is 0 Å². The molecule has 0 bridgehead atoms. The van der Waals surface area contributed by atoms with Crippen LogP contribution in [-0.2, 0) is 14.3 Å². The highest BCUT2D eigenvalue weighted by molar-refractivity contribution is 5.77. The average molecular weight is 257 g/mol. The Hall–Kier alpha value is -1.10. The van der Waals surface area contributed by atoms with Crippen LogP contribution >= 0.6 is 0 Å². The van der Waals surface area contributed by atoms with Gasteiger partial charge in [0.1, 0.15) is 0 Å². The van der Waals surface area contributed by atoms with Crippen LogP contribution in [0.5, 0.6) is 0 Å². The van der Waals surface area contributed by atoms with E-state index in [1.165, 1.54) is 6.42 Å². The minimum Gasteiger partial charge on any atom is -0.481 e. The predicted octanol–water partition coefficient (Wildman–Crippen LogP) is 1.56. The molecule has 1 aliphatic rings. The van der Waals surface area contributed by atoms with E-state index in [0.29, 0.717) is 6.42 Å². The molecule has 0 aliphatic carbocycles. The van der Waals surface area contributed by atoms with Crippen LogP contribution in [0.2, 0.25) is 0 Å². The molecule has 104 valence electrons. The number of carboxylic acid groups (broad SMARTS) is 1. The van der Waals surface area contributed by atoms with Gasteiger partial charge in [0.2, 0.25) is 5.91 Å². The van der Waals surface area contributed by atoms with Crippen molar-refractivity contribution in [1.82, 2.24) is 5.32 Å². The first-order chi connectivity index (χ1) is 8.50. The van der Waals surface area contributed by atoms with Crippen molar-refractivity contribution in [3.05, 3.63) is 0 Å². The fraction of sp³-hybridized carbons (Fsp3) is 0.846. The lowest BCUT2D eigenvalue weighted by molar-refractivity contribution is -0.142. The Morgan fingerprint density at radius 2 is 2.11 bits per heavy atom. The molecule has 5 nitrogen and oxygen atoms in total. The topological polar surface area (TPSA) is 75.6 Å². The van der Waals surface area contributed by atoms with Crippen LogP contribution in [0.4, 0.5) is 0 Å². The monoisotopic (exact) mass is 257 g/mol. The van der Waals surface area contributed by atoms with Crippen LogP contribution in [0.1, 0.15) is 46.0 Å². The lowest BCUT2D eigenvalue weighted by Crippen LogP contribution is -2.40. The van der Waals surface area contributed by atoms with E-state index in [1.54, 1.807) is 13.8 Å². The maximum absolute atomic E-state index is 11.7. The van der Waals surface area contributed by atoms with Crippen molar-refractivity contribution in [3.8, 4) is 0 Å². The van der Waals surface area contributed by atoms with E-state index in [2.05, 4.69) is 5.32 Å². The van der Waals surface area contributed by atoms with Crippen molar-refractivity contribution in [2.45, 2.75) is 58.1 Å². The van der Waals surface area contributed by atoms with Gasteiger partial charge in [-0.1, -0.05) is 0 Å². The minimum atomic E-state index is -0.890. The lowest BCUT2D eigenvalue weighted by atomic mass is 10.0. The number of nitrogens with one attached hydrogen (secondary N) is 1. The Kier molecular flexibility index (Phi) is 6.12. The third kappa shape index (κ3) is 5.04. The van der Waals surface area contributed by atoms with Crippen LogP contribution in [0.3, 0.4) is 0 Å². The summed E-state index contributed by atoms with van der Waals surface area (Å²) in [7, 11) is 0. The van der Waals surface area contributed by atoms with Gasteiger partial charge in [0.05, 0.1) is 12.0 Å². The molecular weight excluding hydrogens is 234 g/mol. The van der Waals surface area contributed by atoms with Crippen molar-refractivity contribution < 1.29 is 19.4 Å². The average Bonchev–Trinajstić information content (AvgIpc) is 2.36. The van der Waals surface area contributed by atoms with E-state index in [9.17, 15) is 9.59 Å². The number of carboxylic acids is 1. The first kappa shape index (κ1) is 15.0. The second kappa shape index (κ2) is 7.36. The highest BCUT2D eigenvalue weighted by Gasteiger charge is 2.21. The molecule has 0 aromatic rings. The van der Waals surface area contributed by atoms with Crippen LogP contribution < -0.4 is 5.32 Å². The van der Waals surface area contributed by atoms with Crippen LogP contribution in [-0.4, -0.2) is 35.7 Å². The number of aliphatic carboxylic acids is 1. The summed E-state index contributed by atoms with van der Waals surface area (Å²) in [4.78, 5) is 22.4. The Balaban J connectivity index is 2.22. The molecule has 0 aromatic carbocycles. The van der Waals surface area contributed by atoms with Crippen molar-refractivity contribution >= 4 is 11.9 Å². The molecule has 1 saturated heterocycles. The molecule has 5 heteroatoms. The van der Waals surface area contributed by atoms with E-state index >= 15 is 0 Å². The number of carbonyl (C=O) groups is 2. The highest BCUT2D eigenvalue weighted by Crippen LogP contribution is 2.17. The molecule has 3 unspecified atom stereocenters. The van der Waals surface area contributed by atoms with Gasteiger partial charge >= 0.3 is 5.97 Å². The first-order valence-electron chi connectivity index (χ1n) is 6.64. The maximum atomic E-state index is 11.7. The third-order valence-electron chi connectivity index (χ3n) is 3.50. The zero-order valence-electron chi connectivity index (χ0n) is 11.1. The second-order valence-corrected chi connectivity index (χ2v) is 5.01. The summed E-state index contributed by atoms with van der Waals surface area (Å²) in [5, 5.41) is 11.6. The summed E-state index contributed by atoms with van der Waals surface area (Å²) in [5.41, 5.74) is 0. The van der Waals surface area contributed by atoms with E-state index in [1.807, 2.05) is 0 Å². The van der Waals surface area contributed by atoms with E-state index < -0.39 is 11.9 Å². The van der Waals surface area contributed by atoms with Crippen molar-refractivity contribution in [1.29, 1.82) is 0 Å². The van der Waals surface area contributed by atoms with Crippen molar-refractivity contribution in [2.24, 2.45) is 5.92 Å². The van der Waals surface area contributed by atoms with Gasteiger partial charge in [0.25, 0.3) is 0 Å². The van der Waals surface area contributed by atoms with Crippen LogP contribution in [0.25, 0.3) is 0 Å². The van der Waals surface area contributed by atoms with E-state index in [0.717, 1.165) is 25.9 Å². The summed E-state index contributed by atoms with van der Waals surface area (Å²) < 4.78 is 5.54. The first-order valence-corrected chi connectivity index (χ1v) is 6.64. The highest BCUT2D eigenvalue weighted by atomic mass is 16.5. The number of ether oxygens (including phenoxy) is 1. The maximum Gasteiger partial charge on any atom is 0.308 e. The molecule has 18 heavy (non-hydrogen) atoms. The minimum absolute atomic E-state index is 0.0928. The molecule has 0 radical (unpaired) electrons. The summed E-state index contributed by atoms with van der Waals surface area (Å²) >= 11 is 0. The Labute approximate surface area is 108 Å². The number of amides is 1. The standard InChI is InChI=1S/C13H23NO4/c1-9(13(16)17)10(2)14-12(15)7-6-11-5-3-4-8-18-11/h9-11H,3-8H2,1-2H3,(H,14,15)(H,16,17). The SMILES string of the molecule is CC(NC(=O)CCC1CCCCO1)C(C)C(=O)O. The lowest BCUT2D eigenvalue weighted by Gasteiger charge is -2.23. The van der Waals surface area contributed by atoms with Gasteiger partial charge < -0.3 is 15.2 Å². The second-order valence-electron chi connectivity index (χ2n) is 5.01. The third-order valence-corrected chi connectivity index (χ3v) is 3.50. The Morgan fingerprint density at radius 3 is 2.67 bits per heavy atom. The summed E-state index contributed by atoms with van der Waals surface area (Å²) in [6.45, 7) is 4.10. The van der Waals surface area contributed by atoms with Gasteiger partial charge in [-0.05, 0) is 39.5 Å². The Bertz CT molecular complexity index is 287. The molecule has 2 N–H and O–H groups in total. The predicted molar refractivity (Wildman–Crippen MR) is 67.2 cm³/mol. The molecule has 1 heterocycles. The normalized spacial score (nSPS) is 23.1. The fourth-order valence-corrected chi connectivity index (χ4v) is 1.99. The van der Waals surface area contributed by atoms with Crippen molar-refractivity contribution in [2.75, 3.05) is 6.61 Å². The quantitative estimate of drug-likeness (QED) is 0.757.